The topological polar surface area (TPSA) is 74.5 Å². The third kappa shape index (κ3) is 4.55. The molecule has 2 aromatic rings. The Balaban J connectivity index is 1.85. The van der Waals surface area contributed by atoms with Gasteiger partial charge in [-0.15, -0.1) is 0 Å². The van der Waals surface area contributed by atoms with Gasteiger partial charge in [0.05, 0.1) is 5.56 Å². The number of hydrogen-bond donors (Lipinski definition) is 2. The van der Waals surface area contributed by atoms with Crippen LogP contribution in [0.25, 0.3) is 0 Å². The summed E-state index contributed by atoms with van der Waals surface area (Å²) >= 11 is 0. The van der Waals surface area contributed by atoms with Crippen molar-refractivity contribution in [3.05, 3.63) is 42.0 Å². The standard InChI is InChI=1S/C22H31N5O/c1-4-26(5-2)18-10-8-17(9-11-18)24-22-19(21(23)28)12-13-20(25-22)27-14-6-7-16(3)15-27/h8-13,16H,4-7,14-15H2,1-3H3,(H2,23,28)(H,24,25)/t16-/m1/s1. The van der Waals surface area contributed by atoms with Crippen molar-refractivity contribution in [3.63, 3.8) is 0 Å². The van der Waals surface area contributed by atoms with Crippen molar-refractivity contribution in [1.82, 2.24) is 4.98 Å². The molecule has 1 aromatic carbocycles. The van der Waals surface area contributed by atoms with Crippen molar-refractivity contribution < 1.29 is 4.79 Å². The normalized spacial score (nSPS) is 16.7. The van der Waals surface area contributed by atoms with Gasteiger partial charge in [-0.05, 0) is 69.0 Å². The Morgan fingerprint density at radius 1 is 1.21 bits per heavy atom. The van der Waals surface area contributed by atoms with Gasteiger partial charge in [-0.3, -0.25) is 4.79 Å². The fraction of sp³-hybridized carbons (Fsp3) is 0.455. The number of nitrogens with one attached hydrogen (secondary N) is 1. The molecule has 0 spiro atoms. The number of anilines is 4. The Hall–Kier alpha value is -2.76. The second-order valence-electron chi connectivity index (χ2n) is 7.47. The summed E-state index contributed by atoms with van der Waals surface area (Å²) < 4.78 is 0. The number of hydrogen-bond acceptors (Lipinski definition) is 5. The lowest BCUT2D eigenvalue weighted by Gasteiger charge is -2.32. The monoisotopic (exact) mass is 381 g/mol. The van der Waals surface area contributed by atoms with Crippen molar-refractivity contribution in [3.8, 4) is 0 Å². The lowest BCUT2D eigenvalue weighted by atomic mass is 10.0. The zero-order chi connectivity index (χ0) is 20.1. The first-order chi connectivity index (χ1) is 13.5. The summed E-state index contributed by atoms with van der Waals surface area (Å²) in [6.07, 6.45) is 2.41. The molecule has 0 bridgehead atoms. The zero-order valence-corrected chi connectivity index (χ0v) is 17.1. The summed E-state index contributed by atoms with van der Waals surface area (Å²) in [7, 11) is 0. The third-order valence-electron chi connectivity index (χ3n) is 5.39. The van der Waals surface area contributed by atoms with Gasteiger partial charge in [0.15, 0.2) is 0 Å². The smallest absolute Gasteiger partial charge is 0.252 e. The number of pyridine rings is 1. The summed E-state index contributed by atoms with van der Waals surface area (Å²) in [5.74, 6) is 1.57. The van der Waals surface area contributed by atoms with Crippen LogP contribution in [-0.4, -0.2) is 37.1 Å². The van der Waals surface area contributed by atoms with E-state index in [0.29, 0.717) is 17.3 Å². The number of nitrogens with two attached hydrogens (primary N) is 1. The maximum atomic E-state index is 11.9. The average molecular weight is 382 g/mol. The number of aromatic nitrogens is 1. The van der Waals surface area contributed by atoms with Gasteiger partial charge in [0.25, 0.3) is 5.91 Å². The average Bonchev–Trinajstić information content (AvgIpc) is 2.70. The van der Waals surface area contributed by atoms with E-state index in [1.54, 1.807) is 6.07 Å². The van der Waals surface area contributed by atoms with Crippen molar-refractivity contribution in [2.75, 3.05) is 41.3 Å². The number of piperidine rings is 1. The molecule has 0 radical (unpaired) electrons. The molecule has 1 aliphatic rings. The van der Waals surface area contributed by atoms with Crippen LogP contribution in [0.3, 0.4) is 0 Å². The number of primary amides is 1. The van der Waals surface area contributed by atoms with Crippen LogP contribution >= 0.6 is 0 Å². The molecule has 1 saturated heterocycles. The van der Waals surface area contributed by atoms with E-state index < -0.39 is 5.91 Å². The maximum Gasteiger partial charge on any atom is 0.252 e. The van der Waals surface area contributed by atoms with Gasteiger partial charge in [-0.1, -0.05) is 6.92 Å². The molecule has 6 heteroatoms. The van der Waals surface area contributed by atoms with Crippen LogP contribution in [0.5, 0.6) is 0 Å². The maximum absolute atomic E-state index is 11.9. The van der Waals surface area contributed by atoms with E-state index in [9.17, 15) is 4.79 Å². The van der Waals surface area contributed by atoms with Gasteiger partial charge < -0.3 is 20.9 Å². The Kier molecular flexibility index (Phi) is 6.39. The number of benzene rings is 1. The molecule has 1 fully saturated rings. The number of carbonyl (C=O) groups excluding carboxylic acids is 1. The molecular formula is C22H31N5O. The van der Waals surface area contributed by atoms with Gasteiger partial charge in [-0.25, -0.2) is 4.98 Å². The predicted molar refractivity (Wildman–Crippen MR) is 117 cm³/mol. The Morgan fingerprint density at radius 2 is 1.93 bits per heavy atom. The van der Waals surface area contributed by atoms with Crippen LogP contribution in [0.2, 0.25) is 0 Å². The minimum Gasteiger partial charge on any atom is -0.372 e. The van der Waals surface area contributed by atoms with Crippen LogP contribution < -0.4 is 20.9 Å². The first-order valence-corrected chi connectivity index (χ1v) is 10.2. The first-order valence-electron chi connectivity index (χ1n) is 10.2. The van der Waals surface area contributed by atoms with Gasteiger partial charge in [0, 0.05) is 37.6 Å². The summed E-state index contributed by atoms with van der Waals surface area (Å²) in [6, 6.07) is 11.8. The van der Waals surface area contributed by atoms with E-state index in [1.165, 1.54) is 12.1 Å². The van der Waals surface area contributed by atoms with Gasteiger partial charge in [-0.2, -0.15) is 0 Å². The van der Waals surface area contributed by atoms with E-state index in [2.05, 4.69) is 48.0 Å². The molecule has 0 unspecified atom stereocenters. The van der Waals surface area contributed by atoms with Gasteiger partial charge in [0.2, 0.25) is 0 Å². The molecule has 0 aliphatic carbocycles. The van der Waals surface area contributed by atoms with Crippen molar-refractivity contribution in [2.45, 2.75) is 33.6 Å². The summed E-state index contributed by atoms with van der Waals surface area (Å²) in [6.45, 7) is 10.5. The Labute approximate surface area is 167 Å². The highest BCUT2D eigenvalue weighted by atomic mass is 16.1. The number of carbonyl (C=O) groups is 1. The van der Waals surface area contributed by atoms with Crippen LogP contribution in [0.4, 0.5) is 23.0 Å². The molecule has 3 rings (SSSR count). The summed E-state index contributed by atoms with van der Waals surface area (Å²) in [4.78, 5) is 21.2. The number of amides is 1. The second kappa shape index (κ2) is 8.95. The molecule has 28 heavy (non-hydrogen) atoms. The molecule has 0 saturated carbocycles. The highest BCUT2D eigenvalue weighted by molar-refractivity contribution is 5.98. The minimum absolute atomic E-state index is 0.404. The highest BCUT2D eigenvalue weighted by Gasteiger charge is 2.20. The zero-order valence-electron chi connectivity index (χ0n) is 17.1. The SMILES string of the molecule is CCN(CC)c1ccc(Nc2nc(N3CCC[C@@H](C)C3)ccc2C(N)=O)cc1. The molecule has 3 N–H and O–H groups in total. The van der Waals surface area contributed by atoms with E-state index >= 15 is 0 Å². The number of nitrogens with zero attached hydrogens (tertiary/aromatic N) is 3. The van der Waals surface area contributed by atoms with E-state index in [4.69, 9.17) is 10.7 Å². The van der Waals surface area contributed by atoms with Crippen molar-refractivity contribution >= 4 is 28.9 Å². The predicted octanol–water partition coefficient (Wildman–Crippen LogP) is 4.01. The van der Waals surface area contributed by atoms with Gasteiger partial charge in [0.1, 0.15) is 11.6 Å². The molecule has 1 aromatic heterocycles. The highest BCUT2D eigenvalue weighted by Crippen LogP contribution is 2.27. The molecular weight excluding hydrogens is 350 g/mol. The van der Waals surface area contributed by atoms with Crippen molar-refractivity contribution in [2.24, 2.45) is 11.7 Å². The van der Waals surface area contributed by atoms with Crippen LogP contribution in [-0.2, 0) is 0 Å². The van der Waals surface area contributed by atoms with E-state index in [-0.39, 0.29) is 0 Å². The molecule has 1 amide bonds. The first kappa shape index (κ1) is 20.0. The second-order valence-corrected chi connectivity index (χ2v) is 7.47. The quantitative estimate of drug-likeness (QED) is 0.758. The Morgan fingerprint density at radius 3 is 2.54 bits per heavy atom. The lowest BCUT2D eigenvalue weighted by Crippen LogP contribution is -2.35. The molecule has 1 atom stereocenters. The largest absolute Gasteiger partial charge is 0.372 e. The van der Waals surface area contributed by atoms with E-state index in [1.807, 2.05) is 18.2 Å². The van der Waals surface area contributed by atoms with E-state index in [0.717, 1.165) is 44.1 Å². The van der Waals surface area contributed by atoms with Gasteiger partial charge >= 0.3 is 0 Å². The fourth-order valence-electron chi connectivity index (χ4n) is 3.80. The van der Waals surface area contributed by atoms with Crippen LogP contribution in [0, 0.1) is 5.92 Å². The van der Waals surface area contributed by atoms with Crippen LogP contribution in [0.1, 0.15) is 44.0 Å². The van der Waals surface area contributed by atoms with Crippen molar-refractivity contribution in [1.29, 1.82) is 0 Å². The summed E-state index contributed by atoms with van der Waals surface area (Å²) in [5.41, 5.74) is 8.04. The lowest BCUT2D eigenvalue weighted by molar-refractivity contribution is 0.100. The molecule has 6 nitrogen and oxygen atoms in total. The minimum atomic E-state index is -0.478. The fourth-order valence-corrected chi connectivity index (χ4v) is 3.80. The Bertz CT molecular complexity index is 801. The summed E-state index contributed by atoms with van der Waals surface area (Å²) in [5, 5.41) is 3.29. The third-order valence-corrected chi connectivity index (χ3v) is 5.39. The van der Waals surface area contributed by atoms with Crippen LogP contribution in [0.15, 0.2) is 36.4 Å². The molecule has 150 valence electrons. The molecule has 1 aliphatic heterocycles. The molecule has 2 heterocycles. The number of rotatable bonds is 7.